The van der Waals surface area contributed by atoms with Crippen molar-refractivity contribution in [3.8, 4) is 0 Å². The summed E-state index contributed by atoms with van der Waals surface area (Å²) in [7, 11) is 0. The molecule has 2 unspecified atom stereocenters. The lowest BCUT2D eigenvalue weighted by Gasteiger charge is -2.03. The zero-order chi connectivity index (χ0) is 13.4. The minimum atomic E-state index is -0.593. The lowest BCUT2D eigenvalue weighted by Crippen LogP contribution is -2.17. The van der Waals surface area contributed by atoms with Crippen LogP contribution in [0.2, 0.25) is 0 Å². The van der Waals surface area contributed by atoms with Crippen LogP contribution in [-0.2, 0) is 0 Å². The van der Waals surface area contributed by atoms with Gasteiger partial charge >= 0.3 is 0 Å². The summed E-state index contributed by atoms with van der Waals surface area (Å²) in [6.45, 7) is 8.62. The first-order valence-corrected chi connectivity index (χ1v) is 5.66. The van der Waals surface area contributed by atoms with Crippen LogP contribution < -0.4 is 0 Å². The average molecular weight is 236 g/mol. The number of hydrogen-bond donors (Lipinski definition) is 4. The van der Waals surface area contributed by atoms with Crippen LogP contribution in [0, 0.1) is 0 Å². The third kappa shape index (κ3) is 37.4. The first-order valence-electron chi connectivity index (χ1n) is 5.66. The van der Waals surface area contributed by atoms with E-state index in [2.05, 4.69) is 13.5 Å². The van der Waals surface area contributed by atoms with Crippen molar-refractivity contribution >= 4 is 0 Å². The molecule has 0 aromatic carbocycles. The molecule has 0 saturated carbocycles. The van der Waals surface area contributed by atoms with E-state index in [0.717, 1.165) is 0 Å². The Labute approximate surface area is 99.3 Å². The summed E-state index contributed by atoms with van der Waals surface area (Å²) in [5.41, 5.74) is 0. The third-order valence-corrected chi connectivity index (χ3v) is 1.56. The summed E-state index contributed by atoms with van der Waals surface area (Å²) in [5.74, 6) is 0. The van der Waals surface area contributed by atoms with Gasteiger partial charge in [-0.2, -0.15) is 0 Å². The highest BCUT2D eigenvalue weighted by Gasteiger charge is 1.99. The van der Waals surface area contributed by atoms with E-state index in [1.807, 2.05) is 6.08 Å². The van der Waals surface area contributed by atoms with Crippen LogP contribution in [0.1, 0.15) is 40.0 Å². The van der Waals surface area contributed by atoms with Gasteiger partial charge in [0.05, 0.1) is 25.4 Å². The quantitative estimate of drug-likeness (QED) is 0.425. The highest BCUT2D eigenvalue weighted by Crippen LogP contribution is 1.91. The Morgan fingerprint density at radius 3 is 1.50 bits per heavy atom. The van der Waals surface area contributed by atoms with Crippen molar-refractivity contribution in [3.63, 3.8) is 0 Å². The molecule has 4 heteroatoms. The smallest absolute Gasteiger partial charge is 0.0768 e. The van der Waals surface area contributed by atoms with Crippen molar-refractivity contribution in [1.29, 1.82) is 0 Å². The standard InChI is InChI=1S/C6H12.C4H10O2.C2H6O2/c1-3-5-6-4-2;1-3(5)4(2)6;3-1-2-4/h3H,1,4-6H2,2H3;3-6H,1-2H3;3-4H,1-2H2. The molecule has 0 aliphatic carbocycles. The molecule has 0 aromatic heterocycles. The molecule has 4 nitrogen and oxygen atoms in total. The van der Waals surface area contributed by atoms with Gasteiger partial charge in [0.2, 0.25) is 0 Å². The number of aliphatic hydroxyl groups is 4. The Hall–Kier alpha value is -0.420. The Kier molecular flexibility index (Phi) is 26.2. The highest BCUT2D eigenvalue weighted by atomic mass is 16.3. The fourth-order valence-corrected chi connectivity index (χ4v) is 0.348. The predicted molar refractivity (Wildman–Crippen MR) is 67.3 cm³/mol. The van der Waals surface area contributed by atoms with Gasteiger partial charge in [-0.25, -0.2) is 0 Å². The summed E-state index contributed by atoms with van der Waals surface area (Å²) in [5, 5.41) is 32.0. The van der Waals surface area contributed by atoms with Crippen molar-refractivity contribution in [1.82, 2.24) is 0 Å². The van der Waals surface area contributed by atoms with Crippen molar-refractivity contribution in [2.45, 2.75) is 52.2 Å². The van der Waals surface area contributed by atoms with Crippen LogP contribution >= 0.6 is 0 Å². The van der Waals surface area contributed by atoms with Crippen LogP contribution in [0.15, 0.2) is 12.7 Å². The molecule has 2 atom stereocenters. The normalized spacial score (nSPS) is 12.4. The molecule has 0 aliphatic heterocycles. The van der Waals surface area contributed by atoms with E-state index in [0.29, 0.717) is 0 Å². The maximum absolute atomic E-state index is 8.38. The molecule has 0 heterocycles. The van der Waals surface area contributed by atoms with Gasteiger partial charge in [-0.3, -0.25) is 0 Å². The van der Waals surface area contributed by atoms with Crippen LogP contribution in [-0.4, -0.2) is 45.8 Å². The minimum absolute atomic E-state index is 0.125. The zero-order valence-corrected chi connectivity index (χ0v) is 10.8. The minimum Gasteiger partial charge on any atom is -0.394 e. The zero-order valence-electron chi connectivity index (χ0n) is 10.8. The van der Waals surface area contributed by atoms with E-state index in [1.165, 1.54) is 19.3 Å². The molecule has 0 radical (unpaired) electrons. The first-order chi connectivity index (χ1) is 7.47. The average Bonchev–Trinajstić information content (AvgIpc) is 2.27. The fourth-order valence-electron chi connectivity index (χ4n) is 0.348. The van der Waals surface area contributed by atoms with E-state index in [4.69, 9.17) is 20.4 Å². The number of allylic oxidation sites excluding steroid dienone is 1. The molecule has 0 bridgehead atoms. The van der Waals surface area contributed by atoms with Gasteiger partial charge in [-0.05, 0) is 20.3 Å². The van der Waals surface area contributed by atoms with Gasteiger partial charge in [0.25, 0.3) is 0 Å². The highest BCUT2D eigenvalue weighted by molar-refractivity contribution is 4.64. The Bertz CT molecular complexity index is 106. The number of unbranched alkanes of at least 4 members (excludes halogenated alkanes) is 2. The molecule has 0 amide bonds. The first kappa shape index (κ1) is 20.9. The predicted octanol–water partition coefficient (Wildman–Crippen LogP) is 1.08. The largest absolute Gasteiger partial charge is 0.394 e. The number of aliphatic hydroxyl groups excluding tert-OH is 4. The van der Waals surface area contributed by atoms with Crippen molar-refractivity contribution in [2.24, 2.45) is 0 Å². The monoisotopic (exact) mass is 236 g/mol. The number of hydrogen-bond acceptors (Lipinski definition) is 4. The van der Waals surface area contributed by atoms with E-state index < -0.39 is 12.2 Å². The van der Waals surface area contributed by atoms with E-state index in [-0.39, 0.29) is 13.2 Å². The second-order valence-corrected chi connectivity index (χ2v) is 3.36. The molecule has 0 saturated heterocycles. The maximum atomic E-state index is 8.38. The van der Waals surface area contributed by atoms with Gasteiger partial charge in [0.15, 0.2) is 0 Å². The fraction of sp³-hybridized carbons (Fsp3) is 0.833. The molecule has 0 spiro atoms. The SMILES string of the molecule is C=CCCCC.CC(O)C(C)O.OCCO. The summed E-state index contributed by atoms with van der Waals surface area (Å²) >= 11 is 0. The molecule has 16 heavy (non-hydrogen) atoms. The summed E-state index contributed by atoms with van der Waals surface area (Å²) < 4.78 is 0. The number of rotatable bonds is 5. The van der Waals surface area contributed by atoms with E-state index in [1.54, 1.807) is 13.8 Å². The molecule has 4 N–H and O–H groups in total. The van der Waals surface area contributed by atoms with Gasteiger partial charge in [0.1, 0.15) is 0 Å². The van der Waals surface area contributed by atoms with E-state index in [9.17, 15) is 0 Å². The Morgan fingerprint density at radius 2 is 1.44 bits per heavy atom. The van der Waals surface area contributed by atoms with E-state index >= 15 is 0 Å². The van der Waals surface area contributed by atoms with Crippen LogP contribution in [0.25, 0.3) is 0 Å². The third-order valence-electron chi connectivity index (χ3n) is 1.56. The van der Waals surface area contributed by atoms with Crippen LogP contribution in [0.4, 0.5) is 0 Å². The van der Waals surface area contributed by atoms with Crippen LogP contribution in [0.5, 0.6) is 0 Å². The topological polar surface area (TPSA) is 80.9 Å². The van der Waals surface area contributed by atoms with Gasteiger partial charge in [-0.1, -0.05) is 25.8 Å². The maximum Gasteiger partial charge on any atom is 0.0768 e. The van der Waals surface area contributed by atoms with Gasteiger partial charge in [-0.15, -0.1) is 6.58 Å². The molecule has 0 fully saturated rings. The Morgan fingerprint density at radius 1 is 1.06 bits per heavy atom. The van der Waals surface area contributed by atoms with Crippen LogP contribution in [0.3, 0.4) is 0 Å². The second kappa shape index (κ2) is 20.1. The lowest BCUT2D eigenvalue weighted by molar-refractivity contribution is 0.0438. The van der Waals surface area contributed by atoms with Crippen molar-refractivity contribution in [2.75, 3.05) is 13.2 Å². The molecular formula is C12H28O4. The lowest BCUT2D eigenvalue weighted by atomic mass is 10.3. The summed E-state index contributed by atoms with van der Waals surface area (Å²) in [4.78, 5) is 0. The molecular weight excluding hydrogens is 208 g/mol. The Balaban J connectivity index is -0.000000162. The summed E-state index contributed by atoms with van der Waals surface area (Å²) in [6, 6.07) is 0. The van der Waals surface area contributed by atoms with Gasteiger partial charge in [0, 0.05) is 0 Å². The van der Waals surface area contributed by atoms with Gasteiger partial charge < -0.3 is 20.4 Å². The molecule has 0 rings (SSSR count). The summed E-state index contributed by atoms with van der Waals surface area (Å²) in [6.07, 6.45) is 4.53. The van der Waals surface area contributed by atoms with Crippen molar-refractivity contribution < 1.29 is 20.4 Å². The molecule has 0 aliphatic rings. The second-order valence-electron chi connectivity index (χ2n) is 3.36. The molecule has 100 valence electrons. The van der Waals surface area contributed by atoms with Crippen molar-refractivity contribution in [3.05, 3.63) is 12.7 Å². The molecule has 0 aromatic rings.